The van der Waals surface area contributed by atoms with Crippen molar-refractivity contribution in [3.05, 3.63) is 70.2 Å². The monoisotopic (exact) mass is 479 g/mol. The fourth-order valence-corrected chi connectivity index (χ4v) is 4.58. The third-order valence-electron chi connectivity index (χ3n) is 5.82. The largest absolute Gasteiger partial charge is 0.487 e. The highest BCUT2D eigenvalue weighted by atomic mass is 32.1. The van der Waals surface area contributed by atoms with Gasteiger partial charge < -0.3 is 24.0 Å². The van der Waals surface area contributed by atoms with Crippen molar-refractivity contribution in [2.75, 3.05) is 32.8 Å². The second kappa shape index (κ2) is 9.72. The van der Waals surface area contributed by atoms with Crippen molar-refractivity contribution < 1.29 is 23.8 Å². The van der Waals surface area contributed by atoms with Gasteiger partial charge in [0, 0.05) is 37.1 Å². The SMILES string of the molecule is Cc1nc(COc2ccc(C(=O)N3CCN(C(=O)[C@@H]4COc5ccccc5O4)CC3)cc2)cs1. The maximum atomic E-state index is 12.9. The molecule has 0 aliphatic carbocycles. The first-order chi connectivity index (χ1) is 16.6. The number of carbonyl (C=O) groups is 2. The molecule has 3 heterocycles. The third kappa shape index (κ3) is 4.84. The van der Waals surface area contributed by atoms with Gasteiger partial charge in [-0.25, -0.2) is 4.98 Å². The highest BCUT2D eigenvalue weighted by Gasteiger charge is 2.33. The van der Waals surface area contributed by atoms with Crippen molar-refractivity contribution in [1.82, 2.24) is 14.8 Å². The molecule has 2 aliphatic rings. The molecule has 0 radical (unpaired) electrons. The minimum Gasteiger partial charge on any atom is -0.487 e. The van der Waals surface area contributed by atoms with Crippen molar-refractivity contribution >= 4 is 23.2 Å². The van der Waals surface area contributed by atoms with Crippen LogP contribution in [-0.4, -0.2) is 65.5 Å². The molecule has 0 spiro atoms. The number of aromatic nitrogens is 1. The lowest BCUT2D eigenvalue weighted by Gasteiger charge is -2.37. The number of carbonyl (C=O) groups excluding carboxylic acids is 2. The van der Waals surface area contributed by atoms with E-state index in [1.165, 1.54) is 0 Å². The van der Waals surface area contributed by atoms with Crippen LogP contribution in [-0.2, 0) is 11.4 Å². The standard InChI is InChI=1S/C25H25N3O5S/c1-17-26-19(16-34-17)14-31-20-8-6-18(7-9-20)24(29)27-10-12-28(13-11-27)25(30)23-15-32-21-4-2-3-5-22(21)33-23/h2-9,16,23H,10-15H2,1H3/t23-/m0/s1. The number of hydrogen-bond acceptors (Lipinski definition) is 7. The molecule has 176 valence electrons. The second-order valence-corrected chi connectivity index (χ2v) is 9.21. The summed E-state index contributed by atoms with van der Waals surface area (Å²) >= 11 is 1.59. The Morgan fingerprint density at radius 1 is 1.03 bits per heavy atom. The molecule has 3 aromatic rings. The van der Waals surface area contributed by atoms with Crippen LogP contribution in [0.5, 0.6) is 17.2 Å². The quantitative estimate of drug-likeness (QED) is 0.559. The summed E-state index contributed by atoms with van der Waals surface area (Å²) in [6.45, 7) is 4.40. The lowest BCUT2D eigenvalue weighted by atomic mass is 10.1. The van der Waals surface area contributed by atoms with Gasteiger partial charge in [0.15, 0.2) is 11.5 Å². The molecule has 8 nitrogen and oxygen atoms in total. The highest BCUT2D eigenvalue weighted by molar-refractivity contribution is 7.09. The van der Waals surface area contributed by atoms with Crippen LogP contribution in [0.2, 0.25) is 0 Å². The summed E-state index contributed by atoms with van der Waals surface area (Å²) in [5, 5.41) is 2.98. The van der Waals surface area contributed by atoms with Gasteiger partial charge in [-0.3, -0.25) is 9.59 Å². The molecule has 2 aliphatic heterocycles. The molecule has 0 saturated carbocycles. The number of hydrogen-bond donors (Lipinski definition) is 0. The summed E-state index contributed by atoms with van der Waals surface area (Å²) < 4.78 is 17.3. The lowest BCUT2D eigenvalue weighted by molar-refractivity contribution is -0.142. The fourth-order valence-electron chi connectivity index (χ4n) is 3.98. The van der Waals surface area contributed by atoms with Crippen LogP contribution >= 0.6 is 11.3 Å². The van der Waals surface area contributed by atoms with Crippen molar-refractivity contribution in [2.45, 2.75) is 19.6 Å². The van der Waals surface area contributed by atoms with Crippen LogP contribution in [0.4, 0.5) is 0 Å². The molecule has 1 saturated heterocycles. The molecular formula is C25H25N3O5S. The number of ether oxygens (including phenoxy) is 3. The number of aryl methyl sites for hydroxylation is 1. The van der Waals surface area contributed by atoms with Crippen molar-refractivity contribution in [3.63, 3.8) is 0 Å². The van der Waals surface area contributed by atoms with E-state index in [9.17, 15) is 9.59 Å². The van der Waals surface area contributed by atoms with E-state index in [-0.39, 0.29) is 18.4 Å². The van der Waals surface area contributed by atoms with Gasteiger partial charge in [-0.15, -0.1) is 11.3 Å². The van der Waals surface area contributed by atoms with Crippen LogP contribution in [0, 0.1) is 6.92 Å². The number of benzene rings is 2. The van der Waals surface area contributed by atoms with E-state index in [4.69, 9.17) is 14.2 Å². The first-order valence-electron chi connectivity index (χ1n) is 11.2. The van der Waals surface area contributed by atoms with Gasteiger partial charge in [-0.05, 0) is 43.3 Å². The number of thiazole rings is 1. The molecule has 1 aromatic heterocycles. The van der Waals surface area contributed by atoms with Gasteiger partial charge in [0.2, 0.25) is 6.10 Å². The van der Waals surface area contributed by atoms with E-state index in [1.54, 1.807) is 51.5 Å². The van der Waals surface area contributed by atoms with Crippen LogP contribution in [0.15, 0.2) is 53.9 Å². The third-order valence-corrected chi connectivity index (χ3v) is 6.64. The smallest absolute Gasteiger partial charge is 0.267 e. The van der Waals surface area contributed by atoms with E-state index in [0.29, 0.717) is 55.6 Å². The first kappa shape index (κ1) is 22.2. The molecular weight excluding hydrogens is 454 g/mol. The summed E-state index contributed by atoms with van der Waals surface area (Å²) in [6, 6.07) is 14.5. The number of para-hydroxylation sites is 2. The maximum Gasteiger partial charge on any atom is 0.267 e. The van der Waals surface area contributed by atoms with Gasteiger partial charge in [0.1, 0.15) is 19.0 Å². The molecule has 0 N–H and O–H groups in total. The Morgan fingerprint density at radius 2 is 1.74 bits per heavy atom. The first-order valence-corrected chi connectivity index (χ1v) is 12.1. The van der Waals surface area contributed by atoms with Gasteiger partial charge >= 0.3 is 0 Å². The van der Waals surface area contributed by atoms with Crippen molar-refractivity contribution in [1.29, 1.82) is 0 Å². The molecule has 1 atom stereocenters. The molecule has 2 aromatic carbocycles. The van der Waals surface area contributed by atoms with Crippen LogP contribution < -0.4 is 14.2 Å². The zero-order valence-electron chi connectivity index (χ0n) is 18.8. The van der Waals surface area contributed by atoms with Gasteiger partial charge in [-0.2, -0.15) is 0 Å². The predicted octanol–water partition coefficient (Wildman–Crippen LogP) is 3.15. The Hall–Kier alpha value is -3.59. The number of amides is 2. The topological polar surface area (TPSA) is 81.2 Å². The Kier molecular flexibility index (Phi) is 6.35. The van der Waals surface area contributed by atoms with E-state index in [0.717, 1.165) is 10.7 Å². The van der Waals surface area contributed by atoms with E-state index in [2.05, 4.69) is 4.98 Å². The van der Waals surface area contributed by atoms with Crippen molar-refractivity contribution in [2.24, 2.45) is 0 Å². The van der Waals surface area contributed by atoms with E-state index < -0.39 is 6.10 Å². The van der Waals surface area contributed by atoms with Gasteiger partial charge in [0.05, 0.1) is 10.7 Å². The van der Waals surface area contributed by atoms with E-state index in [1.807, 2.05) is 30.5 Å². The fraction of sp³-hybridized carbons (Fsp3) is 0.320. The van der Waals surface area contributed by atoms with Gasteiger partial charge in [-0.1, -0.05) is 12.1 Å². The summed E-state index contributed by atoms with van der Waals surface area (Å²) in [7, 11) is 0. The number of rotatable bonds is 5. The Labute approximate surface area is 201 Å². The molecule has 0 bridgehead atoms. The molecule has 5 rings (SSSR count). The number of nitrogens with zero attached hydrogens (tertiary/aromatic N) is 3. The second-order valence-electron chi connectivity index (χ2n) is 8.15. The average Bonchev–Trinajstić information content (AvgIpc) is 3.31. The summed E-state index contributed by atoms with van der Waals surface area (Å²) in [5.74, 6) is 1.75. The average molecular weight is 480 g/mol. The lowest BCUT2D eigenvalue weighted by Crippen LogP contribution is -2.55. The molecule has 1 fully saturated rings. The molecule has 9 heteroatoms. The van der Waals surface area contributed by atoms with Crippen LogP contribution in [0.25, 0.3) is 0 Å². The highest BCUT2D eigenvalue weighted by Crippen LogP contribution is 2.31. The summed E-state index contributed by atoms with van der Waals surface area (Å²) in [4.78, 5) is 33.7. The molecule has 2 amide bonds. The predicted molar refractivity (Wildman–Crippen MR) is 126 cm³/mol. The van der Waals surface area contributed by atoms with Gasteiger partial charge in [0.25, 0.3) is 11.8 Å². The number of piperazine rings is 1. The molecule has 34 heavy (non-hydrogen) atoms. The minimum atomic E-state index is -0.669. The Balaban J connectivity index is 1.12. The Bertz CT molecular complexity index is 1170. The number of fused-ring (bicyclic) bond motifs is 1. The normalized spacial score (nSPS) is 17.4. The zero-order chi connectivity index (χ0) is 23.5. The van der Waals surface area contributed by atoms with Crippen LogP contribution in [0.1, 0.15) is 21.1 Å². The zero-order valence-corrected chi connectivity index (χ0v) is 19.6. The van der Waals surface area contributed by atoms with E-state index >= 15 is 0 Å². The van der Waals surface area contributed by atoms with Crippen molar-refractivity contribution in [3.8, 4) is 17.2 Å². The summed E-state index contributed by atoms with van der Waals surface area (Å²) in [6.07, 6.45) is -0.669. The molecule has 0 unspecified atom stereocenters. The minimum absolute atomic E-state index is 0.0556. The summed E-state index contributed by atoms with van der Waals surface area (Å²) in [5.41, 5.74) is 1.49. The van der Waals surface area contributed by atoms with Crippen LogP contribution in [0.3, 0.4) is 0 Å². The Morgan fingerprint density at radius 3 is 2.44 bits per heavy atom. The maximum absolute atomic E-state index is 12.9.